The van der Waals surface area contributed by atoms with Crippen molar-refractivity contribution in [2.45, 2.75) is 13.5 Å². The first-order valence-electron chi connectivity index (χ1n) is 7.42. The molecule has 2 N–H and O–H groups in total. The van der Waals surface area contributed by atoms with Crippen molar-refractivity contribution >= 4 is 28.9 Å². The number of aromatic nitrogens is 1. The molecule has 3 rings (SSSR count). The Morgan fingerprint density at radius 1 is 1.25 bits per heavy atom. The fourth-order valence-electron chi connectivity index (χ4n) is 2.20. The highest BCUT2D eigenvalue weighted by Crippen LogP contribution is 2.23. The van der Waals surface area contributed by atoms with Gasteiger partial charge >= 0.3 is 0 Å². The van der Waals surface area contributed by atoms with Crippen LogP contribution in [0.5, 0.6) is 0 Å². The van der Waals surface area contributed by atoms with E-state index >= 15 is 0 Å². The maximum atomic E-state index is 12.4. The van der Waals surface area contributed by atoms with E-state index in [1.165, 1.54) is 0 Å². The van der Waals surface area contributed by atoms with E-state index in [0.717, 1.165) is 17.0 Å². The molecule has 0 saturated carbocycles. The molecule has 0 radical (unpaired) electrons. The Hall–Kier alpha value is -2.79. The largest absolute Gasteiger partial charge is 0.467 e. The lowest BCUT2D eigenvalue weighted by Crippen LogP contribution is -2.15. The van der Waals surface area contributed by atoms with Crippen LogP contribution in [0.1, 0.15) is 21.8 Å². The third-order valence-corrected chi connectivity index (χ3v) is 3.96. The van der Waals surface area contributed by atoms with Crippen LogP contribution in [0.2, 0.25) is 5.02 Å². The Morgan fingerprint density at radius 2 is 2.12 bits per heavy atom. The van der Waals surface area contributed by atoms with Crippen molar-refractivity contribution < 1.29 is 9.21 Å². The third-order valence-electron chi connectivity index (χ3n) is 3.56. The van der Waals surface area contributed by atoms with Gasteiger partial charge in [0.05, 0.1) is 12.8 Å². The molecule has 0 unspecified atom stereocenters. The van der Waals surface area contributed by atoms with Gasteiger partial charge in [0, 0.05) is 22.6 Å². The number of pyridine rings is 1. The Balaban J connectivity index is 1.71. The molecule has 0 aliphatic heterocycles. The number of rotatable bonds is 5. The molecular formula is C18H16ClN3O2. The fourth-order valence-corrected chi connectivity index (χ4v) is 2.37. The van der Waals surface area contributed by atoms with Gasteiger partial charge in [-0.05, 0) is 48.9 Å². The van der Waals surface area contributed by atoms with Crippen molar-refractivity contribution in [3.8, 4) is 0 Å². The molecule has 6 heteroatoms. The van der Waals surface area contributed by atoms with Crippen LogP contribution >= 0.6 is 11.6 Å². The molecule has 0 bridgehead atoms. The molecule has 0 aliphatic carbocycles. The van der Waals surface area contributed by atoms with Crippen LogP contribution in [0, 0.1) is 6.92 Å². The Labute approximate surface area is 144 Å². The first-order chi connectivity index (χ1) is 11.6. The summed E-state index contributed by atoms with van der Waals surface area (Å²) in [6.07, 6.45) is 3.21. The number of nitrogens with one attached hydrogen (secondary N) is 2. The normalized spacial score (nSPS) is 10.4. The number of benzene rings is 1. The molecule has 0 saturated heterocycles. The van der Waals surface area contributed by atoms with E-state index in [-0.39, 0.29) is 5.91 Å². The van der Waals surface area contributed by atoms with E-state index in [0.29, 0.717) is 22.9 Å². The number of halogens is 1. The van der Waals surface area contributed by atoms with Gasteiger partial charge < -0.3 is 15.1 Å². The molecular weight excluding hydrogens is 326 g/mol. The lowest BCUT2D eigenvalue weighted by Gasteiger charge is -2.10. The third kappa shape index (κ3) is 3.75. The van der Waals surface area contributed by atoms with Crippen LogP contribution < -0.4 is 10.6 Å². The predicted octanol–water partition coefficient (Wildman–Crippen LogP) is 4.50. The zero-order valence-corrected chi connectivity index (χ0v) is 13.8. The quantitative estimate of drug-likeness (QED) is 0.717. The van der Waals surface area contributed by atoms with Crippen LogP contribution in [0.3, 0.4) is 0 Å². The summed E-state index contributed by atoms with van der Waals surface area (Å²) in [5.41, 5.74) is 2.59. The summed E-state index contributed by atoms with van der Waals surface area (Å²) in [6, 6.07) is 12.6. The average Bonchev–Trinajstić information content (AvgIpc) is 3.11. The molecule has 2 aromatic heterocycles. The summed E-state index contributed by atoms with van der Waals surface area (Å²) in [5.74, 6) is 0.523. The standard InChI is InChI=1S/C18H16ClN3O2/c1-12-15(19)5-2-6-16(12)22-18(23)17-10-13(7-8-20-17)21-11-14-4-3-9-24-14/h2-10H,11H2,1H3,(H,20,21)(H,22,23). The fraction of sp³-hybridized carbons (Fsp3) is 0.111. The maximum absolute atomic E-state index is 12.4. The summed E-state index contributed by atoms with van der Waals surface area (Å²) >= 11 is 6.07. The smallest absolute Gasteiger partial charge is 0.274 e. The molecule has 24 heavy (non-hydrogen) atoms. The van der Waals surface area contributed by atoms with Gasteiger partial charge in [0.2, 0.25) is 0 Å². The topological polar surface area (TPSA) is 67.2 Å². The molecule has 0 aliphatic rings. The number of nitrogens with zero attached hydrogens (tertiary/aromatic N) is 1. The van der Waals surface area contributed by atoms with Gasteiger partial charge in [-0.25, -0.2) is 0 Å². The first kappa shape index (κ1) is 16.1. The highest BCUT2D eigenvalue weighted by atomic mass is 35.5. The summed E-state index contributed by atoms with van der Waals surface area (Å²) in [7, 11) is 0. The van der Waals surface area contributed by atoms with Crippen LogP contribution in [-0.4, -0.2) is 10.9 Å². The predicted molar refractivity (Wildman–Crippen MR) is 94.4 cm³/mol. The molecule has 2 heterocycles. The van der Waals surface area contributed by atoms with E-state index in [1.54, 1.807) is 42.8 Å². The van der Waals surface area contributed by atoms with E-state index < -0.39 is 0 Å². The van der Waals surface area contributed by atoms with E-state index in [9.17, 15) is 4.79 Å². The number of furan rings is 1. The zero-order valence-electron chi connectivity index (χ0n) is 13.0. The summed E-state index contributed by atoms with van der Waals surface area (Å²) < 4.78 is 5.27. The van der Waals surface area contributed by atoms with Crippen molar-refractivity contribution in [1.29, 1.82) is 0 Å². The van der Waals surface area contributed by atoms with E-state index in [4.69, 9.17) is 16.0 Å². The van der Waals surface area contributed by atoms with Gasteiger partial charge in [-0.1, -0.05) is 17.7 Å². The molecule has 0 spiro atoms. The number of carbonyl (C=O) groups excluding carboxylic acids is 1. The second-order valence-electron chi connectivity index (χ2n) is 5.23. The molecule has 5 nitrogen and oxygen atoms in total. The summed E-state index contributed by atoms with van der Waals surface area (Å²) in [4.78, 5) is 16.5. The molecule has 0 atom stereocenters. The average molecular weight is 342 g/mol. The second-order valence-corrected chi connectivity index (χ2v) is 5.64. The minimum absolute atomic E-state index is 0.290. The lowest BCUT2D eigenvalue weighted by atomic mass is 10.2. The van der Waals surface area contributed by atoms with E-state index in [1.807, 2.05) is 19.1 Å². The summed E-state index contributed by atoms with van der Waals surface area (Å²) in [6.45, 7) is 2.39. The SMILES string of the molecule is Cc1c(Cl)cccc1NC(=O)c1cc(NCc2ccco2)ccn1. The van der Waals surface area contributed by atoms with Crippen molar-refractivity contribution in [1.82, 2.24) is 4.98 Å². The van der Waals surface area contributed by atoms with Gasteiger partial charge in [0.1, 0.15) is 11.5 Å². The Morgan fingerprint density at radius 3 is 2.92 bits per heavy atom. The van der Waals surface area contributed by atoms with E-state index in [2.05, 4.69) is 15.6 Å². The molecule has 1 amide bonds. The van der Waals surface area contributed by atoms with Crippen molar-refractivity contribution in [3.63, 3.8) is 0 Å². The number of hydrogen-bond acceptors (Lipinski definition) is 4. The number of carbonyl (C=O) groups is 1. The van der Waals surface area contributed by atoms with Crippen molar-refractivity contribution in [2.24, 2.45) is 0 Å². The second kappa shape index (κ2) is 7.19. The van der Waals surface area contributed by atoms with Gasteiger partial charge in [0.15, 0.2) is 0 Å². The van der Waals surface area contributed by atoms with Crippen molar-refractivity contribution in [3.05, 3.63) is 77.0 Å². The van der Waals surface area contributed by atoms with Crippen LogP contribution in [0.4, 0.5) is 11.4 Å². The number of hydrogen-bond donors (Lipinski definition) is 2. The highest BCUT2D eigenvalue weighted by Gasteiger charge is 2.11. The highest BCUT2D eigenvalue weighted by molar-refractivity contribution is 6.31. The van der Waals surface area contributed by atoms with Crippen molar-refractivity contribution in [2.75, 3.05) is 10.6 Å². The molecule has 0 fully saturated rings. The number of amides is 1. The number of anilines is 2. The Bertz CT molecular complexity index is 847. The molecule has 1 aromatic carbocycles. The minimum atomic E-state index is -0.290. The molecule has 3 aromatic rings. The van der Waals surface area contributed by atoms with Gasteiger partial charge in [-0.3, -0.25) is 9.78 Å². The van der Waals surface area contributed by atoms with Crippen LogP contribution in [-0.2, 0) is 6.54 Å². The van der Waals surface area contributed by atoms with Crippen LogP contribution in [0.25, 0.3) is 0 Å². The Kier molecular flexibility index (Phi) is 4.82. The van der Waals surface area contributed by atoms with Gasteiger partial charge in [-0.2, -0.15) is 0 Å². The maximum Gasteiger partial charge on any atom is 0.274 e. The summed E-state index contributed by atoms with van der Waals surface area (Å²) in [5, 5.41) is 6.63. The zero-order chi connectivity index (χ0) is 16.9. The van der Waals surface area contributed by atoms with Gasteiger partial charge in [0.25, 0.3) is 5.91 Å². The minimum Gasteiger partial charge on any atom is -0.467 e. The molecule has 122 valence electrons. The van der Waals surface area contributed by atoms with Gasteiger partial charge in [-0.15, -0.1) is 0 Å². The monoisotopic (exact) mass is 341 g/mol. The lowest BCUT2D eigenvalue weighted by molar-refractivity contribution is 0.102. The van der Waals surface area contributed by atoms with Crippen LogP contribution in [0.15, 0.2) is 59.3 Å². The first-order valence-corrected chi connectivity index (χ1v) is 7.80.